The Morgan fingerprint density at radius 3 is 2.41 bits per heavy atom. The van der Waals surface area contributed by atoms with Crippen molar-refractivity contribution in [3.63, 3.8) is 0 Å². The van der Waals surface area contributed by atoms with Gasteiger partial charge in [0.2, 0.25) is 0 Å². The Morgan fingerprint density at radius 1 is 1.05 bits per heavy atom. The van der Waals surface area contributed by atoms with E-state index in [9.17, 15) is 14.0 Å². The van der Waals surface area contributed by atoms with Crippen LogP contribution in [-0.2, 0) is 11.2 Å². The van der Waals surface area contributed by atoms with E-state index in [-0.39, 0.29) is 12.1 Å². The zero-order chi connectivity index (χ0) is 15.9. The third-order valence-corrected chi connectivity index (χ3v) is 3.20. The molecule has 0 atom stereocenters. The molecule has 0 saturated carbocycles. The number of benzene rings is 2. The molecule has 2 rings (SSSR count). The molecule has 0 unspecified atom stereocenters. The average Bonchev–Trinajstić information content (AvgIpc) is 2.51. The van der Waals surface area contributed by atoms with Crippen LogP contribution in [0.15, 0.2) is 54.6 Å². The van der Waals surface area contributed by atoms with Gasteiger partial charge in [-0.25, -0.2) is 4.39 Å². The quantitative estimate of drug-likeness (QED) is 0.892. The van der Waals surface area contributed by atoms with Crippen molar-refractivity contribution < 1.29 is 19.1 Å². The van der Waals surface area contributed by atoms with Gasteiger partial charge in [0.1, 0.15) is 12.4 Å². The number of hydrogen-bond acceptors (Lipinski definition) is 2. The summed E-state index contributed by atoms with van der Waals surface area (Å²) in [7, 11) is 0. The Morgan fingerprint density at radius 2 is 1.77 bits per heavy atom. The lowest BCUT2D eigenvalue weighted by Crippen LogP contribution is -2.37. The van der Waals surface area contributed by atoms with Gasteiger partial charge in [-0.1, -0.05) is 36.4 Å². The maximum Gasteiger partial charge on any atom is 0.323 e. The number of carboxylic acids is 1. The van der Waals surface area contributed by atoms with Gasteiger partial charge in [-0.2, -0.15) is 0 Å². The smallest absolute Gasteiger partial charge is 0.323 e. The zero-order valence-electron chi connectivity index (χ0n) is 11.9. The van der Waals surface area contributed by atoms with Crippen LogP contribution in [0.4, 0.5) is 4.39 Å². The maximum atomic E-state index is 13.2. The van der Waals surface area contributed by atoms with Gasteiger partial charge < -0.3 is 10.0 Å². The lowest BCUT2D eigenvalue weighted by atomic mass is 10.1. The van der Waals surface area contributed by atoms with Gasteiger partial charge in [0.15, 0.2) is 0 Å². The minimum atomic E-state index is -1.10. The van der Waals surface area contributed by atoms with Gasteiger partial charge >= 0.3 is 5.97 Å². The van der Waals surface area contributed by atoms with Crippen LogP contribution in [0.2, 0.25) is 0 Å². The van der Waals surface area contributed by atoms with Crippen LogP contribution in [0.3, 0.4) is 0 Å². The largest absolute Gasteiger partial charge is 0.480 e. The summed E-state index contributed by atoms with van der Waals surface area (Å²) in [5, 5.41) is 8.96. The van der Waals surface area contributed by atoms with Crippen molar-refractivity contribution in [3.8, 4) is 0 Å². The molecule has 2 aromatic rings. The van der Waals surface area contributed by atoms with E-state index in [4.69, 9.17) is 5.11 Å². The van der Waals surface area contributed by atoms with E-state index >= 15 is 0 Å². The average molecular weight is 301 g/mol. The van der Waals surface area contributed by atoms with E-state index in [0.717, 1.165) is 11.6 Å². The number of carbonyl (C=O) groups excluding carboxylic acids is 1. The van der Waals surface area contributed by atoms with Crippen LogP contribution in [0.5, 0.6) is 0 Å². The van der Waals surface area contributed by atoms with Crippen LogP contribution >= 0.6 is 0 Å². The number of rotatable bonds is 6. The predicted octanol–water partition coefficient (Wildman–Crippen LogP) is 2.60. The molecule has 2 aromatic carbocycles. The topological polar surface area (TPSA) is 57.6 Å². The molecular formula is C17H16FNO3. The molecule has 0 aromatic heterocycles. The molecule has 114 valence electrons. The molecule has 0 bridgehead atoms. The molecule has 0 heterocycles. The predicted molar refractivity (Wildman–Crippen MR) is 80.1 cm³/mol. The van der Waals surface area contributed by atoms with Crippen molar-refractivity contribution in [2.24, 2.45) is 0 Å². The number of hydrogen-bond donors (Lipinski definition) is 1. The fourth-order valence-corrected chi connectivity index (χ4v) is 2.13. The summed E-state index contributed by atoms with van der Waals surface area (Å²) in [5.41, 5.74) is 1.15. The van der Waals surface area contributed by atoms with Crippen LogP contribution in [-0.4, -0.2) is 35.0 Å². The monoisotopic (exact) mass is 301 g/mol. The van der Waals surface area contributed by atoms with Crippen LogP contribution in [0.1, 0.15) is 15.9 Å². The summed E-state index contributed by atoms with van der Waals surface area (Å²) in [6.45, 7) is -0.159. The number of carboxylic acid groups (broad SMARTS) is 1. The summed E-state index contributed by atoms with van der Waals surface area (Å²) in [6.07, 6.45) is 0.537. The highest BCUT2D eigenvalue weighted by Crippen LogP contribution is 2.09. The van der Waals surface area contributed by atoms with E-state index < -0.39 is 24.2 Å². The molecule has 0 aliphatic rings. The Labute approximate surface area is 127 Å². The summed E-state index contributed by atoms with van der Waals surface area (Å²) >= 11 is 0. The molecule has 1 amide bonds. The highest BCUT2D eigenvalue weighted by molar-refractivity contribution is 5.95. The Hall–Kier alpha value is -2.69. The first-order chi connectivity index (χ1) is 10.6. The highest BCUT2D eigenvalue weighted by atomic mass is 19.1. The second-order valence-electron chi connectivity index (χ2n) is 4.87. The fourth-order valence-electron chi connectivity index (χ4n) is 2.13. The van der Waals surface area contributed by atoms with Crippen molar-refractivity contribution in [2.75, 3.05) is 13.1 Å². The number of halogens is 1. The van der Waals surface area contributed by atoms with E-state index in [1.54, 1.807) is 0 Å². The standard InChI is InChI=1S/C17H16FNO3/c18-15-8-4-7-14(11-15)17(22)19(12-16(20)21)10-9-13-5-2-1-3-6-13/h1-8,11H,9-10,12H2,(H,20,21). The summed E-state index contributed by atoms with van der Waals surface area (Å²) in [5.74, 6) is -2.11. The van der Waals surface area contributed by atoms with Gasteiger partial charge in [0, 0.05) is 12.1 Å². The lowest BCUT2D eigenvalue weighted by Gasteiger charge is -2.21. The van der Waals surface area contributed by atoms with Crippen LogP contribution in [0.25, 0.3) is 0 Å². The zero-order valence-corrected chi connectivity index (χ0v) is 11.9. The molecule has 5 heteroatoms. The molecule has 0 fully saturated rings. The molecule has 0 aliphatic heterocycles. The molecule has 0 saturated heterocycles. The fraction of sp³-hybridized carbons (Fsp3) is 0.176. The minimum absolute atomic E-state index is 0.148. The van der Waals surface area contributed by atoms with Crippen molar-refractivity contribution in [2.45, 2.75) is 6.42 Å². The molecule has 4 nitrogen and oxygen atoms in total. The van der Waals surface area contributed by atoms with Crippen molar-refractivity contribution >= 4 is 11.9 Å². The van der Waals surface area contributed by atoms with Gasteiger partial charge in [0.05, 0.1) is 0 Å². The van der Waals surface area contributed by atoms with Crippen molar-refractivity contribution in [1.82, 2.24) is 4.90 Å². The second-order valence-corrected chi connectivity index (χ2v) is 4.87. The number of amides is 1. The van der Waals surface area contributed by atoms with Crippen LogP contribution in [0, 0.1) is 5.82 Å². The summed E-state index contributed by atoms with van der Waals surface area (Å²) in [4.78, 5) is 24.5. The van der Waals surface area contributed by atoms with E-state index in [0.29, 0.717) is 6.42 Å². The Balaban J connectivity index is 2.11. The molecule has 0 spiro atoms. The van der Waals surface area contributed by atoms with Gasteiger partial charge in [-0.3, -0.25) is 9.59 Å². The Bertz CT molecular complexity index is 658. The number of nitrogens with zero attached hydrogens (tertiary/aromatic N) is 1. The third-order valence-electron chi connectivity index (χ3n) is 3.20. The normalized spacial score (nSPS) is 10.2. The van der Waals surface area contributed by atoms with Gasteiger partial charge in [0.25, 0.3) is 5.91 Å². The number of aliphatic carboxylic acids is 1. The first kappa shape index (κ1) is 15.7. The highest BCUT2D eigenvalue weighted by Gasteiger charge is 2.18. The number of carbonyl (C=O) groups is 2. The van der Waals surface area contributed by atoms with Crippen molar-refractivity contribution in [3.05, 3.63) is 71.5 Å². The molecule has 0 radical (unpaired) electrons. The second kappa shape index (κ2) is 7.36. The maximum absolute atomic E-state index is 13.2. The first-order valence-corrected chi connectivity index (χ1v) is 6.87. The first-order valence-electron chi connectivity index (χ1n) is 6.87. The van der Waals surface area contributed by atoms with Gasteiger partial charge in [-0.15, -0.1) is 0 Å². The molecular weight excluding hydrogens is 285 g/mol. The summed E-state index contributed by atoms with van der Waals surface area (Å²) in [6, 6.07) is 14.7. The molecule has 0 aliphatic carbocycles. The SMILES string of the molecule is O=C(O)CN(CCc1ccccc1)C(=O)c1cccc(F)c1. The summed E-state index contributed by atoms with van der Waals surface area (Å²) < 4.78 is 13.2. The Kier molecular flexibility index (Phi) is 5.25. The van der Waals surface area contributed by atoms with E-state index in [1.165, 1.54) is 23.1 Å². The molecule has 1 N–H and O–H groups in total. The minimum Gasteiger partial charge on any atom is -0.480 e. The third kappa shape index (κ3) is 4.41. The van der Waals surface area contributed by atoms with E-state index in [2.05, 4.69) is 0 Å². The van der Waals surface area contributed by atoms with E-state index in [1.807, 2.05) is 30.3 Å². The van der Waals surface area contributed by atoms with Crippen molar-refractivity contribution in [1.29, 1.82) is 0 Å². The van der Waals surface area contributed by atoms with Crippen LogP contribution < -0.4 is 0 Å². The molecule has 22 heavy (non-hydrogen) atoms. The van der Waals surface area contributed by atoms with Gasteiger partial charge in [-0.05, 0) is 30.2 Å². The lowest BCUT2D eigenvalue weighted by molar-refractivity contribution is -0.137.